The van der Waals surface area contributed by atoms with E-state index in [1.807, 2.05) is 0 Å². The number of rotatable bonds is 4. The molecule has 0 fully saturated rings. The number of urea groups is 1. The molecule has 22 heavy (non-hydrogen) atoms. The van der Waals surface area contributed by atoms with Gasteiger partial charge in [0.15, 0.2) is 0 Å². The Hall–Kier alpha value is -3.01. The molecule has 0 saturated carbocycles. The first-order valence-corrected chi connectivity index (χ1v) is 6.44. The van der Waals surface area contributed by atoms with E-state index in [2.05, 4.69) is 21.7 Å². The van der Waals surface area contributed by atoms with E-state index in [1.165, 1.54) is 16.8 Å². The maximum absolute atomic E-state index is 13.3. The fourth-order valence-electron chi connectivity index (χ4n) is 1.84. The number of terminal acetylenes is 1. The first-order chi connectivity index (χ1) is 10.5. The maximum atomic E-state index is 13.3. The fourth-order valence-corrected chi connectivity index (χ4v) is 1.84. The number of anilines is 2. The molecule has 1 heterocycles. The van der Waals surface area contributed by atoms with Crippen LogP contribution in [0.2, 0.25) is 0 Å². The number of aromatic nitrogens is 2. The lowest BCUT2D eigenvalue weighted by molar-refractivity contribution is 0.261. The Bertz CT molecular complexity index is 734. The summed E-state index contributed by atoms with van der Waals surface area (Å²) in [7, 11) is 1.70. The summed E-state index contributed by atoms with van der Waals surface area (Å²) in [6, 6.07) is 4.94. The van der Waals surface area contributed by atoms with Gasteiger partial charge in [-0.1, -0.05) is 5.92 Å². The van der Waals surface area contributed by atoms with E-state index in [4.69, 9.17) is 11.2 Å². The Morgan fingerprint density at radius 2 is 2.23 bits per heavy atom. The zero-order chi connectivity index (χ0) is 16.1. The van der Waals surface area contributed by atoms with Crippen molar-refractivity contribution < 1.29 is 13.9 Å². The average molecular weight is 302 g/mol. The van der Waals surface area contributed by atoms with Gasteiger partial charge in [0.1, 0.15) is 24.0 Å². The van der Waals surface area contributed by atoms with Gasteiger partial charge in [0.05, 0.1) is 11.4 Å². The summed E-state index contributed by atoms with van der Waals surface area (Å²) >= 11 is 0. The number of hydrogen-bond acceptors (Lipinski definition) is 3. The van der Waals surface area contributed by atoms with Crippen LogP contribution in [0.4, 0.5) is 20.7 Å². The van der Waals surface area contributed by atoms with E-state index in [-0.39, 0.29) is 18.0 Å². The minimum absolute atomic E-state index is 0.0167. The first kappa shape index (κ1) is 15.4. The molecule has 7 heteroatoms. The highest BCUT2D eigenvalue weighted by molar-refractivity contribution is 6.00. The van der Waals surface area contributed by atoms with Gasteiger partial charge in [-0.3, -0.25) is 10.00 Å². The fraction of sp³-hybridized carbons (Fsp3) is 0.200. The Labute approximate surface area is 127 Å². The molecule has 2 N–H and O–H groups in total. The number of ether oxygens (including phenoxy) is 1. The molecular formula is C15H15FN4O2. The highest BCUT2D eigenvalue weighted by Crippen LogP contribution is 2.25. The van der Waals surface area contributed by atoms with Crippen molar-refractivity contribution in [3.05, 3.63) is 35.8 Å². The van der Waals surface area contributed by atoms with Gasteiger partial charge < -0.3 is 10.1 Å². The molecule has 114 valence electrons. The molecular weight excluding hydrogens is 287 g/mol. The average Bonchev–Trinajstić information content (AvgIpc) is 2.76. The van der Waals surface area contributed by atoms with Gasteiger partial charge in [0.2, 0.25) is 0 Å². The number of halogens is 1. The SMILES string of the molecule is C#CCOc1ccc(F)cc1NC(=O)Nc1cc(C)nn1C. The smallest absolute Gasteiger partial charge is 0.324 e. The number of aryl methyl sites for hydroxylation is 2. The molecule has 2 amide bonds. The third-order valence-electron chi connectivity index (χ3n) is 2.74. The van der Waals surface area contributed by atoms with Gasteiger partial charge in [-0.25, -0.2) is 9.18 Å². The van der Waals surface area contributed by atoms with Gasteiger partial charge in [0.25, 0.3) is 0 Å². The standard InChI is InChI=1S/C15H15FN4O2/c1-4-7-22-13-6-5-11(16)9-12(13)17-15(21)18-14-8-10(2)19-20(14)3/h1,5-6,8-9H,7H2,2-3H3,(H2,17,18,21). The summed E-state index contributed by atoms with van der Waals surface area (Å²) in [5.41, 5.74) is 0.952. The molecule has 2 aromatic rings. The Balaban J connectivity index is 2.12. The molecule has 0 radical (unpaired) electrons. The van der Waals surface area contributed by atoms with Crippen LogP contribution in [-0.2, 0) is 7.05 Å². The number of carbonyl (C=O) groups excluding carboxylic acids is 1. The number of hydrogen-bond donors (Lipinski definition) is 2. The molecule has 2 rings (SSSR count). The lowest BCUT2D eigenvalue weighted by atomic mass is 10.3. The number of nitrogens with one attached hydrogen (secondary N) is 2. The summed E-state index contributed by atoms with van der Waals surface area (Å²) in [6.07, 6.45) is 5.12. The third-order valence-corrected chi connectivity index (χ3v) is 2.74. The Morgan fingerprint density at radius 3 is 2.86 bits per heavy atom. The van der Waals surface area contributed by atoms with Crippen LogP contribution < -0.4 is 15.4 Å². The lowest BCUT2D eigenvalue weighted by Crippen LogP contribution is -2.21. The van der Waals surface area contributed by atoms with Crippen LogP contribution in [0.5, 0.6) is 5.75 Å². The molecule has 0 aliphatic heterocycles. The van der Waals surface area contributed by atoms with Crippen LogP contribution in [0.3, 0.4) is 0 Å². The highest BCUT2D eigenvalue weighted by atomic mass is 19.1. The second-order valence-corrected chi connectivity index (χ2v) is 4.51. The number of carbonyl (C=O) groups is 1. The van der Waals surface area contributed by atoms with E-state index >= 15 is 0 Å². The number of nitrogens with zero attached hydrogens (tertiary/aromatic N) is 2. The topological polar surface area (TPSA) is 68.2 Å². The Kier molecular flexibility index (Phi) is 4.63. The van der Waals surface area contributed by atoms with Crippen LogP contribution in [0, 0.1) is 25.1 Å². The molecule has 0 saturated heterocycles. The van der Waals surface area contributed by atoms with Crippen molar-refractivity contribution in [2.24, 2.45) is 7.05 Å². The normalized spacial score (nSPS) is 9.91. The summed E-state index contributed by atoms with van der Waals surface area (Å²) in [6.45, 7) is 1.82. The summed E-state index contributed by atoms with van der Waals surface area (Å²) in [5.74, 6) is 2.60. The largest absolute Gasteiger partial charge is 0.479 e. The lowest BCUT2D eigenvalue weighted by Gasteiger charge is -2.12. The van der Waals surface area contributed by atoms with Gasteiger partial charge in [0, 0.05) is 19.2 Å². The molecule has 0 aliphatic carbocycles. The van der Waals surface area contributed by atoms with Crippen molar-refractivity contribution in [1.82, 2.24) is 9.78 Å². The van der Waals surface area contributed by atoms with Crippen LogP contribution >= 0.6 is 0 Å². The van der Waals surface area contributed by atoms with Crippen molar-refractivity contribution >= 4 is 17.5 Å². The molecule has 0 aliphatic rings. The zero-order valence-corrected chi connectivity index (χ0v) is 12.2. The summed E-state index contributed by atoms with van der Waals surface area (Å²) in [4.78, 5) is 12.0. The van der Waals surface area contributed by atoms with Gasteiger partial charge in [-0.15, -0.1) is 6.42 Å². The predicted octanol–water partition coefficient (Wildman–Crippen LogP) is 2.52. The van der Waals surface area contributed by atoms with Gasteiger partial charge in [-0.2, -0.15) is 5.10 Å². The van der Waals surface area contributed by atoms with Gasteiger partial charge in [-0.05, 0) is 19.1 Å². The number of amides is 2. The predicted molar refractivity (Wildman–Crippen MR) is 81.3 cm³/mol. The zero-order valence-electron chi connectivity index (χ0n) is 12.2. The summed E-state index contributed by atoms with van der Waals surface area (Å²) < 4.78 is 20.1. The van der Waals surface area contributed by atoms with E-state index in [9.17, 15) is 9.18 Å². The highest BCUT2D eigenvalue weighted by Gasteiger charge is 2.11. The van der Waals surface area contributed by atoms with Crippen LogP contribution in [0.15, 0.2) is 24.3 Å². The molecule has 1 aromatic carbocycles. The van der Waals surface area contributed by atoms with Crippen molar-refractivity contribution in [3.8, 4) is 18.1 Å². The quantitative estimate of drug-likeness (QED) is 0.853. The third kappa shape index (κ3) is 3.76. The minimum atomic E-state index is -0.542. The molecule has 0 spiro atoms. The van der Waals surface area contributed by atoms with E-state index in [1.54, 1.807) is 20.0 Å². The second kappa shape index (κ2) is 6.63. The molecule has 0 unspecified atom stereocenters. The van der Waals surface area contributed by atoms with Gasteiger partial charge >= 0.3 is 6.03 Å². The van der Waals surface area contributed by atoms with Crippen molar-refractivity contribution in [1.29, 1.82) is 0 Å². The van der Waals surface area contributed by atoms with Crippen molar-refractivity contribution in [3.63, 3.8) is 0 Å². The number of benzene rings is 1. The van der Waals surface area contributed by atoms with E-state index in [0.29, 0.717) is 5.82 Å². The molecule has 1 aromatic heterocycles. The first-order valence-electron chi connectivity index (χ1n) is 6.44. The molecule has 0 atom stereocenters. The maximum Gasteiger partial charge on any atom is 0.324 e. The molecule has 0 bridgehead atoms. The monoisotopic (exact) mass is 302 g/mol. The van der Waals surface area contributed by atoms with E-state index < -0.39 is 11.8 Å². The van der Waals surface area contributed by atoms with Crippen molar-refractivity contribution in [2.45, 2.75) is 6.92 Å². The Morgan fingerprint density at radius 1 is 1.45 bits per heavy atom. The summed E-state index contributed by atoms with van der Waals surface area (Å²) in [5, 5.41) is 9.25. The van der Waals surface area contributed by atoms with Crippen LogP contribution in [-0.4, -0.2) is 22.4 Å². The van der Waals surface area contributed by atoms with Crippen molar-refractivity contribution in [2.75, 3.05) is 17.2 Å². The molecule has 6 nitrogen and oxygen atoms in total. The minimum Gasteiger partial charge on any atom is -0.479 e. The second-order valence-electron chi connectivity index (χ2n) is 4.51. The van der Waals surface area contributed by atoms with Crippen LogP contribution in [0.1, 0.15) is 5.69 Å². The van der Waals surface area contributed by atoms with Crippen LogP contribution in [0.25, 0.3) is 0 Å². The van der Waals surface area contributed by atoms with E-state index in [0.717, 1.165) is 11.8 Å².